The lowest BCUT2D eigenvalue weighted by molar-refractivity contribution is 0.463. The van der Waals surface area contributed by atoms with Crippen LogP contribution in [0.4, 0.5) is 28.4 Å². The zero-order valence-corrected chi connectivity index (χ0v) is 23.2. The van der Waals surface area contributed by atoms with Crippen LogP contribution in [0.1, 0.15) is 22.3 Å². The van der Waals surface area contributed by atoms with Crippen LogP contribution in [0.3, 0.4) is 0 Å². The number of pyridine rings is 2. The van der Waals surface area contributed by atoms with Gasteiger partial charge in [-0.2, -0.15) is 0 Å². The van der Waals surface area contributed by atoms with Gasteiger partial charge in [0.2, 0.25) is 5.88 Å². The molecule has 43 heavy (non-hydrogen) atoms. The molecule has 2 aromatic heterocycles. The summed E-state index contributed by atoms with van der Waals surface area (Å²) in [4.78, 5) is 11.4. The van der Waals surface area contributed by atoms with Gasteiger partial charge >= 0.3 is 0 Å². The molecule has 5 heteroatoms. The molecule has 0 unspecified atom stereocenters. The van der Waals surface area contributed by atoms with E-state index in [1.54, 1.807) is 6.20 Å². The highest BCUT2D eigenvalue weighted by Crippen LogP contribution is 2.49. The van der Waals surface area contributed by atoms with E-state index in [9.17, 15) is 0 Å². The summed E-state index contributed by atoms with van der Waals surface area (Å²) in [7, 11) is 0. The molecule has 0 atom stereocenters. The van der Waals surface area contributed by atoms with E-state index in [0.717, 1.165) is 61.9 Å². The second-order valence-corrected chi connectivity index (χ2v) is 10.4. The third kappa shape index (κ3) is 4.53. The number of aromatic nitrogens is 2. The largest absolute Gasteiger partial charge is 0.439 e. The predicted octanol–water partition coefficient (Wildman–Crippen LogP) is 10.1. The Morgan fingerprint density at radius 2 is 1.19 bits per heavy atom. The van der Waals surface area contributed by atoms with Crippen LogP contribution in [0, 0.1) is 0 Å². The minimum atomic E-state index is 0.553. The Kier molecular flexibility index (Phi) is 6.05. The number of hydrogen-bond donors (Lipinski definition) is 1. The van der Waals surface area contributed by atoms with Gasteiger partial charge in [-0.15, -0.1) is 0 Å². The van der Waals surface area contributed by atoms with Gasteiger partial charge in [-0.05, 0) is 59.2 Å². The van der Waals surface area contributed by atoms with Gasteiger partial charge in [0.05, 0.1) is 34.1 Å². The molecule has 0 saturated carbocycles. The van der Waals surface area contributed by atoms with E-state index in [4.69, 9.17) is 4.74 Å². The molecule has 0 saturated heterocycles. The zero-order valence-electron chi connectivity index (χ0n) is 23.2. The summed E-state index contributed by atoms with van der Waals surface area (Å²) in [5, 5.41) is 3.87. The van der Waals surface area contributed by atoms with Crippen molar-refractivity contribution in [3.05, 3.63) is 150 Å². The smallest absolute Gasteiger partial charge is 0.219 e. The van der Waals surface area contributed by atoms with Crippen molar-refractivity contribution in [1.29, 1.82) is 0 Å². The fraction of sp³-hybridized carbons (Fsp3) is 0. The fourth-order valence-corrected chi connectivity index (χ4v) is 5.76. The van der Waals surface area contributed by atoms with Crippen LogP contribution in [-0.4, -0.2) is 9.97 Å². The van der Waals surface area contributed by atoms with Crippen molar-refractivity contribution in [3.8, 4) is 22.9 Å². The summed E-state index contributed by atoms with van der Waals surface area (Å²) in [6, 6.07) is 39.1. The number of nitrogens with zero attached hydrogens (tertiary/aromatic N) is 3. The molecule has 6 aromatic rings. The second-order valence-electron chi connectivity index (χ2n) is 10.4. The van der Waals surface area contributed by atoms with Gasteiger partial charge in [0.25, 0.3) is 0 Å². The molecule has 4 aromatic carbocycles. The monoisotopic (exact) mass is 554 g/mol. The lowest BCUT2D eigenvalue weighted by atomic mass is 10.0. The molecule has 8 rings (SSSR count). The van der Waals surface area contributed by atoms with Gasteiger partial charge < -0.3 is 15.0 Å². The first-order valence-corrected chi connectivity index (χ1v) is 14.2. The molecular formula is C38H26N4O. The third-order valence-corrected chi connectivity index (χ3v) is 7.77. The van der Waals surface area contributed by atoms with Crippen molar-refractivity contribution in [2.75, 3.05) is 10.2 Å². The predicted molar refractivity (Wildman–Crippen MR) is 176 cm³/mol. The number of anilines is 5. The molecule has 2 aliphatic heterocycles. The van der Waals surface area contributed by atoms with Gasteiger partial charge in [-0.25, -0.2) is 4.98 Å². The van der Waals surface area contributed by atoms with E-state index < -0.39 is 0 Å². The van der Waals surface area contributed by atoms with Crippen molar-refractivity contribution in [2.45, 2.75) is 0 Å². The molecule has 0 spiro atoms. The van der Waals surface area contributed by atoms with Crippen LogP contribution in [0.2, 0.25) is 0 Å². The highest BCUT2D eigenvalue weighted by atomic mass is 16.5. The topological polar surface area (TPSA) is 50.3 Å². The van der Waals surface area contributed by atoms with Crippen LogP contribution in [0.15, 0.2) is 128 Å². The number of rotatable bonds is 4. The maximum Gasteiger partial charge on any atom is 0.219 e. The minimum Gasteiger partial charge on any atom is -0.439 e. The molecule has 1 N–H and O–H groups in total. The number of hydrogen-bond acceptors (Lipinski definition) is 5. The first-order chi connectivity index (χ1) is 21.3. The fourth-order valence-electron chi connectivity index (χ4n) is 5.76. The quantitative estimate of drug-likeness (QED) is 0.235. The van der Waals surface area contributed by atoms with Crippen LogP contribution < -0.4 is 15.0 Å². The Balaban J connectivity index is 1.32. The Bertz CT molecular complexity index is 2030. The Morgan fingerprint density at radius 3 is 2.00 bits per heavy atom. The maximum absolute atomic E-state index is 6.21. The van der Waals surface area contributed by atoms with Crippen molar-refractivity contribution in [1.82, 2.24) is 9.97 Å². The second kappa shape index (κ2) is 10.5. The molecule has 204 valence electrons. The van der Waals surface area contributed by atoms with E-state index in [1.165, 1.54) is 0 Å². The van der Waals surface area contributed by atoms with E-state index in [1.807, 2.05) is 42.6 Å². The standard InChI is InChI=1S/C38H26N4O/c1-2-14-33-26(9-1)17-18-27-21-22-30(43-36-16-4-6-24-40-36)25-35(27)42(33)34-15-8-11-29-20-19-28-10-7-12-31(37(28)41-38(29)34)32-13-3-5-23-39-32/h1-25,41H. The highest BCUT2D eigenvalue weighted by Gasteiger charge is 2.25. The maximum atomic E-state index is 6.21. The molecule has 0 fully saturated rings. The summed E-state index contributed by atoms with van der Waals surface area (Å²) < 4.78 is 6.21. The molecule has 0 amide bonds. The molecule has 4 heterocycles. The molecule has 0 aliphatic carbocycles. The van der Waals surface area contributed by atoms with Crippen molar-refractivity contribution >= 4 is 52.7 Å². The third-order valence-electron chi connectivity index (χ3n) is 7.77. The van der Waals surface area contributed by atoms with E-state index >= 15 is 0 Å². The molecule has 2 aliphatic rings. The Morgan fingerprint density at radius 1 is 0.512 bits per heavy atom. The Labute approximate surface area is 250 Å². The van der Waals surface area contributed by atoms with Gasteiger partial charge in [-0.1, -0.05) is 85.0 Å². The van der Waals surface area contributed by atoms with Gasteiger partial charge in [0, 0.05) is 35.7 Å². The lowest BCUT2D eigenvalue weighted by Crippen LogP contribution is -2.14. The highest BCUT2D eigenvalue weighted by molar-refractivity contribution is 6.02. The number of nitrogens with one attached hydrogen (secondary N) is 1. The van der Waals surface area contributed by atoms with Gasteiger partial charge in [-0.3, -0.25) is 4.98 Å². The van der Waals surface area contributed by atoms with E-state index in [2.05, 4.69) is 123 Å². The molecular weight excluding hydrogens is 528 g/mol. The molecule has 0 radical (unpaired) electrons. The minimum absolute atomic E-state index is 0.553. The molecule has 5 nitrogen and oxygen atoms in total. The number of fused-ring (bicyclic) bond motifs is 4. The van der Waals surface area contributed by atoms with Gasteiger partial charge in [0.1, 0.15) is 5.75 Å². The molecule has 0 bridgehead atoms. The Hall–Kier alpha value is -5.94. The number of benzene rings is 4. The lowest BCUT2D eigenvalue weighted by Gasteiger charge is -2.30. The number of ether oxygens (including phenoxy) is 1. The first kappa shape index (κ1) is 24.8. The first-order valence-electron chi connectivity index (χ1n) is 14.2. The van der Waals surface area contributed by atoms with Crippen LogP contribution in [0.5, 0.6) is 11.6 Å². The summed E-state index contributed by atoms with van der Waals surface area (Å²) >= 11 is 0. The summed E-state index contributed by atoms with van der Waals surface area (Å²) in [6.07, 6.45) is 12.3. The van der Waals surface area contributed by atoms with Crippen LogP contribution in [-0.2, 0) is 0 Å². The summed E-state index contributed by atoms with van der Waals surface area (Å²) in [5.74, 6) is 1.27. The summed E-state index contributed by atoms with van der Waals surface area (Å²) in [5.41, 5.74) is 11.5. The number of para-hydroxylation sites is 3. The van der Waals surface area contributed by atoms with Gasteiger partial charge in [0.15, 0.2) is 0 Å². The summed E-state index contributed by atoms with van der Waals surface area (Å²) in [6.45, 7) is 0. The van der Waals surface area contributed by atoms with E-state index in [0.29, 0.717) is 11.6 Å². The van der Waals surface area contributed by atoms with Crippen LogP contribution >= 0.6 is 0 Å². The average Bonchev–Trinajstić information content (AvgIpc) is 3.35. The van der Waals surface area contributed by atoms with Crippen molar-refractivity contribution in [3.63, 3.8) is 0 Å². The van der Waals surface area contributed by atoms with Crippen molar-refractivity contribution < 1.29 is 4.74 Å². The van der Waals surface area contributed by atoms with Crippen molar-refractivity contribution in [2.24, 2.45) is 0 Å². The van der Waals surface area contributed by atoms with E-state index in [-0.39, 0.29) is 0 Å². The normalized spacial score (nSPS) is 12.6. The zero-order chi connectivity index (χ0) is 28.6. The van der Waals surface area contributed by atoms with Crippen LogP contribution in [0.25, 0.3) is 35.6 Å². The average molecular weight is 555 g/mol. The SMILES string of the molecule is C1=Cc2ccc(Oc3ccccn3)cc2N(c2cccc3c2Nc2c(cccc2-c2ccccn2)C=C3)c2ccccc21.